The Balaban J connectivity index is 0.000000353. The summed E-state index contributed by atoms with van der Waals surface area (Å²) >= 11 is 0. The SMILES string of the molecule is CC(C)(C)c1cccc(C(C)(C)C)c1O.CC(C)c1cc(C(C)C)c(O)c(C(C)C)c1.Cc1cc(C(C)(C)C)c(O)c(C(C)(C)C)c1. The highest BCUT2D eigenvalue weighted by molar-refractivity contribution is 5.50. The van der Waals surface area contributed by atoms with Crippen molar-refractivity contribution in [1.29, 1.82) is 0 Å². The van der Waals surface area contributed by atoms with Crippen LogP contribution in [0, 0.1) is 6.92 Å². The average Bonchev–Trinajstić information content (AvgIpc) is 2.87. The molecule has 3 aromatic carbocycles. The molecule has 3 heteroatoms. The molecule has 0 radical (unpaired) electrons. The first-order valence-electron chi connectivity index (χ1n) is 17.6. The lowest BCUT2D eigenvalue weighted by atomic mass is 9.78. The highest BCUT2D eigenvalue weighted by Gasteiger charge is 2.26. The van der Waals surface area contributed by atoms with Gasteiger partial charge in [0.15, 0.2) is 0 Å². The third-order valence-electron chi connectivity index (χ3n) is 8.62. The number of para-hydroxylation sites is 1. The van der Waals surface area contributed by atoms with Crippen molar-refractivity contribution < 1.29 is 15.3 Å². The van der Waals surface area contributed by atoms with E-state index >= 15 is 0 Å². The molecule has 0 amide bonds. The molecular formula is C44H70O3. The molecular weight excluding hydrogens is 576 g/mol. The second-order valence-electron chi connectivity index (χ2n) is 18.4. The zero-order valence-corrected chi connectivity index (χ0v) is 33.6. The Labute approximate surface area is 289 Å². The van der Waals surface area contributed by atoms with E-state index in [1.165, 1.54) is 11.1 Å². The Bertz CT molecular complexity index is 1360. The molecule has 0 unspecified atom stereocenters. The highest BCUT2D eigenvalue weighted by Crippen LogP contribution is 2.40. The topological polar surface area (TPSA) is 60.7 Å². The van der Waals surface area contributed by atoms with E-state index in [4.69, 9.17) is 0 Å². The summed E-state index contributed by atoms with van der Waals surface area (Å²) in [4.78, 5) is 0. The molecule has 0 aliphatic rings. The van der Waals surface area contributed by atoms with Gasteiger partial charge in [-0.1, -0.05) is 173 Å². The molecule has 0 heterocycles. The van der Waals surface area contributed by atoms with Crippen molar-refractivity contribution in [3.8, 4) is 17.2 Å². The van der Waals surface area contributed by atoms with Gasteiger partial charge in [0.25, 0.3) is 0 Å². The molecule has 0 atom stereocenters. The fourth-order valence-electron chi connectivity index (χ4n) is 5.59. The molecule has 0 aliphatic heterocycles. The van der Waals surface area contributed by atoms with Gasteiger partial charge in [-0.15, -0.1) is 0 Å². The Morgan fingerprint density at radius 1 is 0.426 bits per heavy atom. The van der Waals surface area contributed by atoms with Crippen LogP contribution in [0.3, 0.4) is 0 Å². The minimum absolute atomic E-state index is 0.00859. The molecule has 3 nitrogen and oxygen atoms in total. The maximum Gasteiger partial charge on any atom is 0.123 e. The normalized spacial score (nSPS) is 12.6. The first-order valence-corrected chi connectivity index (χ1v) is 17.6. The van der Waals surface area contributed by atoms with E-state index in [9.17, 15) is 15.3 Å². The number of hydrogen-bond acceptors (Lipinski definition) is 3. The summed E-state index contributed by atoms with van der Waals surface area (Å²) in [5, 5.41) is 30.9. The Kier molecular flexibility index (Phi) is 13.9. The van der Waals surface area contributed by atoms with Crippen LogP contribution < -0.4 is 0 Å². The highest BCUT2D eigenvalue weighted by atomic mass is 16.3. The summed E-state index contributed by atoms with van der Waals surface area (Å²) in [7, 11) is 0. The van der Waals surface area contributed by atoms with Gasteiger partial charge >= 0.3 is 0 Å². The van der Waals surface area contributed by atoms with Crippen molar-refractivity contribution in [3.63, 3.8) is 0 Å². The summed E-state index contributed by atoms with van der Waals surface area (Å²) in [6.07, 6.45) is 0. The van der Waals surface area contributed by atoms with Crippen LogP contribution in [0.2, 0.25) is 0 Å². The van der Waals surface area contributed by atoms with E-state index in [1.54, 1.807) is 0 Å². The van der Waals surface area contributed by atoms with Crippen molar-refractivity contribution >= 4 is 0 Å². The van der Waals surface area contributed by atoms with E-state index in [2.05, 4.69) is 156 Å². The van der Waals surface area contributed by atoms with Gasteiger partial charge in [-0.3, -0.25) is 0 Å². The van der Waals surface area contributed by atoms with E-state index in [1.807, 2.05) is 18.2 Å². The smallest absolute Gasteiger partial charge is 0.123 e. The summed E-state index contributed by atoms with van der Waals surface area (Å²) in [5.41, 5.74) is 8.77. The van der Waals surface area contributed by atoms with Crippen LogP contribution in [0.5, 0.6) is 17.2 Å². The molecule has 3 N–H and O–H groups in total. The summed E-state index contributed by atoms with van der Waals surface area (Å²) in [6.45, 7) is 40.5. The van der Waals surface area contributed by atoms with Gasteiger partial charge in [0, 0.05) is 0 Å². The molecule has 3 aromatic rings. The minimum Gasteiger partial charge on any atom is -0.507 e. The number of phenolic OH excluding ortho intramolecular Hbond substituents is 3. The molecule has 0 saturated carbocycles. The largest absolute Gasteiger partial charge is 0.507 e. The van der Waals surface area contributed by atoms with Crippen molar-refractivity contribution in [3.05, 3.63) is 87.0 Å². The molecule has 0 saturated heterocycles. The summed E-state index contributed by atoms with van der Waals surface area (Å²) in [6, 6.07) is 14.5. The van der Waals surface area contributed by atoms with E-state index in [0.717, 1.165) is 33.4 Å². The summed E-state index contributed by atoms with van der Waals surface area (Å²) in [5.74, 6) is 2.67. The third kappa shape index (κ3) is 11.6. The number of aryl methyl sites for hydroxylation is 1. The Hall–Kier alpha value is -2.94. The quantitative estimate of drug-likeness (QED) is 0.265. The standard InChI is InChI=1S/2C15H24O.C14H22O/c1-10-8-11(14(2,3)4)13(16)12(9-10)15(5,6)7;1-9(2)12-7-13(10(3)4)15(16)14(8-12)11(5)6;1-13(2,3)10-8-7-9-11(12(10)15)14(4,5)6/h8-9,16H,1-7H3;7-11,16H,1-6H3;7-9,15H,1-6H3. The fourth-order valence-corrected chi connectivity index (χ4v) is 5.59. The zero-order valence-electron chi connectivity index (χ0n) is 33.6. The Morgan fingerprint density at radius 2 is 0.723 bits per heavy atom. The van der Waals surface area contributed by atoms with Gasteiger partial charge in [0.1, 0.15) is 17.2 Å². The molecule has 0 aromatic heterocycles. The number of benzene rings is 3. The lowest BCUT2D eigenvalue weighted by Gasteiger charge is -2.27. The van der Waals surface area contributed by atoms with E-state index in [0.29, 0.717) is 35.0 Å². The van der Waals surface area contributed by atoms with Crippen LogP contribution in [0.4, 0.5) is 0 Å². The molecule has 0 spiro atoms. The molecule has 0 bridgehead atoms. The minimum atomic E-state index is -0.0178. The molecule has 47 heavy (non-hydrogen) atoms. The Morgan fingerprint density at radius 3 is 0.979 bits per heavy atom. The number of rotatable bonds is 3. The van der Waals surface area contributed by atoms with Crippen LogP contribution in [0.25, 0.3) is 0 Å². The maximum absolute atomic E-state index is 10.4. The first kappa shape index (κ1) is 42.1. The van der Waals surface area contributed by atoms with Gasteiger partial charge in [-0.05, 0) is 85.3 Å². The lowest BCUT2D eigenvalue weighted by molar-refractivity contribution is 0.422. The van der Waals surface area contributed by atoms with E-state index < -0.39 is 0 Å². The van der Waals surface area contributed by atoms with Crippen LogP contribution >= 0.6 is 0 Å². The zero-order chi connectivity index (χ0) is 37.0. The maximum atomic E-state index is 10.4. The van der Waals surface area contributed by atoms with Gasteiger partial charge in [0.05, 0.1) is 0 Å². The van der Waals surface area contributed by atoms with Crippen LogP contribution in [-0.2, 0) is 21.7 Å². The number of hydrogen-bond donors (Lipinski definition) is 3. The van der Waals surface area contributed by atoms with E-state index in [-0.39, 0.29) is 21.7 Å². The van der Waals surface area contributed by atoms with Crippen molar-refractivity contribution in [2.45, 2.75) is 171 Å². The van der Waals surface area contributed by atoms with Crippen molar-refractivity contribution in [2.24, 2.45) is 0 Å². The fraction of sp³-hybridized carbons (Fsp3) is 0.591. The predicted octanol–water partition coefficient (Wildman–Crippen LogP) is 13.0. The monoisotopic (exact) mass is 647 g/mol. The second-order valence-corrected chi connectivity index (χ2v) is 18.4. The number of aromatic hydroxyl groups is 3. The molecule has 0 fully saturated rings. The molecule has 3 rings (SSSR count). The van der Waals surface area contributed by atoms with Gasteiger partial charge in [-0.25, -0.2) is 0 Å². The van der Waals surface area contributed by atoms with Crippen LogP contribution in [-0.4, -0.2) is 15.3 Å². The lowest BCUT2D eigenvalue weighted by Crippen LogP contribution is -2.17. The van der Waals surface area contributed by atoms with Crippen LogP contribution in [0.1, 0.15) is 187 Å². The number of phenols is 3. The third-order valence-corrected chi connectivity index (χ3v) is 8.62. The predicted molar refractivity (Wildman–Crippen MR) is 206 cm³/mol. The van der Waals surface area contributed by atoms with Crippen molar-refractivity contribution in [2.75, 3.05) is 0 Å². The van der Waals surface area contributed by atoms with Gasteiger partial charge in [-0.2, -0.15) is 0 Å². The van der Waals surface area contributed by atoms with Crippen molar-refractivity contribution in [1.82, 2.24) is 0 Å². The second kappa shape index (κ2) is 15.5. The first-order chi connectivity index (χ1) is 21.0. The average molecular weight is 647 g/mol. The van der Waals surface area contributed by atoms with Gasteiger partial charge < -0.3 is 15.3 Å². The van der Waals surface area contributed by atoms with Crippen LogP contribution in [0.15, 0.2) is 42.5 Å². The van der Waals surface area contributed by atoms with Gasteiger partial charge in [0.2, 0.25) is 0 Å². The molecule has 0 aliphatic carbocycles. The summed E-state index contributed by atoms with van der Waals surface area (Å²) < 4.78 is 0. The molecule has 264 valence electrons.